The van der Waals surface area contributed by atoms with Crippen LogP contribution in [0.5, 0.6) is 0 Å². The van der Waals surface area contributed by atoms with Gasteiger partial charge in [0.1, 0.15) is 0 Å². The molecule has 76 valence electrons. The van der Waals surface area contributed by atoms with Gasteiger partial charge in [0.05, 0.1) is 4.83 Å². The van der Waals surface area contributed by atoms with Crippen LogP contribution < -0.4 is 5.32 Å². The predicted molar refractivity (Wildman–Crippen MR) is 61.5 cm³/mol. The molecule has 3 atom stereocenters. The molecule has 1 amide bonds. The van der Waals surface area contributed by atoms with Crippen molar-refractivity contribution in [3.63, 3.8) is 0 Å². The lowest BCUT2D eigenvalue weighted by atomic mass is 10.1. The fourth-order valence-corrected chi connectivity index (χ4v) is 2.71. The summed E-state index contributed by atoms with van der Waals surface area (Å²) < 4.78 is 0. The van der Waals surface area contributed by atoms with Crippen LogP contribution in [0.2, 0.25) is 0 Å². The summed E-state index contributed by atoms with van der Waals surface area (Å²) in [7, 11) is 0. The molecule has 1 fully saturated rings. The average molecular weight is 266 g/mol. The Balaban J connectivity index is 2.35. The highest BCUT2D eigenvalue weighted by Gasteiger charge is 2.26. The van der Waals surface area contributed by atoms with Crippen LogP contribution in [0, 0.1) is 0 Å². The molecule has 1 heterocycles. The maximum atomic E-state index is 11.5. The van der Waals surface area contributed by atoms with Gasteiger partial charge in [-0.2, -0.15) is 11.8 Å². The van der Waals surface area contributed by atoms with E-state index < -0.39 is 0 Å². The highest BCUT2D eigenvalue weighted by atomic mass is 79.9. The molecule has 0 spiro atoms. The van der Waals surface area contributed by atoms with Gasteiger partial charge in [-0.3, -0.25) is 4.79 Å². The number of amides is 1. The number of rotatable bonds is 3. The molecule has 0 saturated carbocycles. The SMILES string of the molecule is CCC(Br)C(=O)NC1CCSC1C. The maximum absolute atomic E-state index is 11.5. The average Bonchev–Trinajstić information content (AvgIpc) is 2.50. The number of carbonyl (C=O) groups is 1. The molecule has 1 saturated heterocycles. The zero-order valence-electron chi connectivity index (χ0n) is 8.05. The molecule has 1 aliphatic rings. The molecule has 1 aliphatic heterocycles. The third kappa shape index (κ3) is 3.17. The van der Waals surface area contributed by atoms with Crippen LogP contribution in [0.3, 0.4) is 0 Å². The van der Waals surface area contributed by atoms with Crippen molar-refractivity contribution >= 4 is 33.6 Å². The standard InChI is InChI=1S/C9H16BrNOS/c1-3-7(10)9(12)11-8-4-5-13-6(8)2/h6-8H,3-5H2,1-2H3,(H,11,12). The summed E-state index contributed by atoms with van der Waals surface area (Å²) in [4.78, 5) is 11.5. The molecule has 0 bridgehead atoms. The minimum atomic E-state index is -0.0229. The molecular formula is C9H16BrNOS. The number of alkyl halides is 1. The van der Waals surface area contributed by atoms with Crippen LogP contribution in [0.25, 0.3) is 0 Å². The molecule has 1 N–H and O–H groups in total. The van der Waals surface area contributed by atoms with E-state index in [0.29, 0.717) is 11.3 Å². The van der Waals surface area contributed by atoms with Gasteiger partial charge in [0.15, 0.2) is 0 Å². The zero-order valence-corrected chi connectivity index (χ0v) is 10.5. The Bertz CT molecular complexity index is 188. The van der Waals surface area contributed by atoms with Gasteiger partial charge in [-0.05, 0) is 18.6 Å². The minimum Gasteiger partial charge on any atom is -0.351 e. The van der Waals surface area contributed by atoms with Crippen molar-refractivity contribution < 1.29 is 4.79 Å². The molecule has 0 aromatic carbocycles. The van der Waals surface area contributed by atoms with Gasteiger partial charge in [0.2, 0.25) is 5.91 Å². The predicted octanol–water partition coefficient (Wildman–Crippen LogP) is 2.17. The number of carbonyl (C=O) groups excluding carboxylic acids is 1. The highest BCUT2D eigenvalue weighted by molar-refractivity contribution is 9.10. The van der Waals surface area contributed by atoms with Crippen molar-refractivity contribution in [2.45, 2.75) is 42.8 Å². The molecule has 0 aromatic rings. The summed E-state index contributed by atoms with van der Waals surface area (Å²) in [5.74, 6) is 1.31. The summed E-state index contributed by atoms with van der Waals surface area (Å²) in [6, 6.07) is 0.379. The van der Waals surface area contributed by atoms with Gasteiger partial charge in [-0.15, -0.1) is 0 Å². The Kier molecular flexibility index (Phi) is 4.59. The third-order valence-corrected chi connectivity index (χ3v) is 4.74. The molecule has 0 aromatic heterocycles. The molecule has 0 aliphatic carbocycles. The van der Waals surface area contributed by atoms with E-state index in [2.05, 4.69) is 28.2 Å². The van der Waals surface area contributed by atoms with E-state index in [1.54, 1.807) is 0 Å². The van der Waals surface area contributed by atoms with Crippen molar-refractivity contribution in [1.29, 1.82) is 0 Å². The second kappa shape index (κ2) is 5.25. The van der Waals surface area contributed by atoms with Gasteiger partial charge in [0, 0.05) is 11.3 Å². The molecular weight excluding hydrogens is 250 g/mol. The second-order valence-electron chi connectivity index (χ2n) is 3.36. The summed E-state index contributed by atoms with van der Waals surface area (Å²) in [5.41, 5.74) is 0. The third-order valence-electron chi connectivity index (χ3n) is 2.35. The summed E-state index contributed by atoms with van der Waals surface area (Å²) in [6.45, 7) is 4.18. The molecule has 13 heavy (non-hydrogen) atoms. The van der Waals surface area contributed by atoms with Crippen LogP contribution in [0.15, 0.2) is 0 Å². The lowest BCUT2D eigenvalue weighted by molar-refractivity contribution is -0.121. The molecule has 4 heteroatoms. The Hall–Kier alpha value is 0.300. The van der Waals surface area contributed by atoms with Crippen molar-refractivity contribution in [2.24, 2.45) is 0 Å². The number of hydrogen-bond acceptors (Lipinski definition) is 2. The van der Waals surface area contributed by atoms with Crippen molar-refractivity contribution in [1.82, 2.24) is 5.32 Å². The summed E-state index contributed by atoms with van der Waals surface area (Å²) in [6.07, 6.45) is 1.96. The fraction of sp³-hybridized carbons (Fsp3) is 0.889. The largest absolute Gasteiger partial charge is 0.351 e. The van der Waals surface area contributed by atoms with E-state index in [9.17, 15) is 4.79 Å². The van der Waals surface area contributed by atoms with E-state index in [1.807, 2.05) is 18.7 Å². The molecule has 1 rings (SSSR count). The first-order chi connectivity index (χ1) is 6.15. The van der Waals surface area contributed by atoms with E-state index >= 15 is 0 Å². The van der Waals surface area contributed by atoms with Gasteiger partial charge in [-0.1, -0.05) is 29.8 Å². The van der Waals surface area contributed by atoms with Crippen molar-refractivity contribution in [3.05, 3.63) is 0 Å². The van der Waals surface area contributed by atoms with Crippen molar-refractivity contribution in [3.8, 4) is 0 Å². The normalized spacial score (nSPS) is 30.1. The van der Waals surface area contributed by atoms with Gasteiger partial charge >= 0.3 is 0 Å². The lowest BCUT2D eigenvalue weighted by Gasteiger charge is -2.18. The van der Waals surface area contributed by atoms with E-state index in [0.717, 1.165) is 12.8 Å². The number of halogens is 1. The lowest BCUT2D eigenvalue weighted by Crippen LogP contribution is -2.41. The van der Waals surface area contributed by atoms with E-state index in [4.69, 9.17) is 0 Å². The van der Waals surface area contributed by atoms with Crippen LogP contribution in [-0.2, 0) is 4.79 Å². The Labute approximate surface area is 92.4 Å². The van der Waals surface area contributed by atoms with Gasteiger partial charge in [-0.25, -0.2) is 0 Å². The Morgan fingerprint density at radius 1 is 1.77 bits per heavy atom. The van der Waals surface area contributed by atoms with Crippen LogP contribution >= 0.6 is 27.7 Å². The number of hydrogen-bond donors (Lipinski definition) is 1. The van der Waals surface area contributed by atoms with Crippen molar-refractivity contribution in [2.75, 3.05) is 5.75 Å². The first-order valence-electron chi connectivity index (χ1n) is 4.71. The van der Waals surface area contributed by atoms with E-state index in [-0.39, 0.29) is 10.7 Å². The van der Waals surface area contributed by atoms with Gasteiger partial charge < -0.3 is 5.32 Å². The topological polar surface area (TPSA) is 29.1 Å². The van der Waals surface area contributed by atoms with Crippen LogP contribution in [-0.4, -0.2) is 27.8 Å². The number of nitrogens with one attached hydrogen (secondary N) is 1. The first kappa shape index (κ1) is 11.4. The van der Waals surface area contributed by atoms with E-state index in [1.165, 1.54) is 5.75 Å². The highest BCUT2D eigenvalue weighted by Crippen LogP contribution is 2.26. The minimum absolute atomic E-state index is 0.0229. The summed E-state index contributed by atoms with van der Waals surface area (Å²) >= 11 is 5.29. The second-order valence-corrected chi connectivity index (χ2v) is 5.95. The van der Waals surface area contributed by atoms with Crippen LogP contribution in [0.4, 0.5) is 0 Å². The molecule has 0 radical (unpaired) electrons. The monoisotopic (exact) mass is 265 g/mol. The molecule has 2 nitrogen and oxygen atoms in total. The van der Waals surface area contributed by atoms with Gasteiger partial charge in [0.25, 0.3) is 0 Å². The first-order valence-corrected chi connectivity index (χ1v) is 6.67. The quantitative estimate of drug-likeness (QED) is 0.793. The smallest absolute Gasteiger partial charge is 0.234 e. The maximum Gasteiger partial charge on any atom is 0.234 e. The number of thioether (sulfide) groups is 1. The van der Waals surface area contributed by atoms with Crippen LogP contribution in [0.1, 0.15) is 26.7 Å². The zero-order chi connectivity index (χ0) is 9.84. The Morgan fingerprint density at radius 3 is 2.92 bits per heavy atom. The molecule has 3 unspecified atom stereocenters. The summed E-state index contributed by atoms with van der Waals surface area (Å²) in [5, 5.41) is 3.64. The fourth-order valence-electron chi connectivity index (χ4n) is 1.38. The Morgan fingerprint density at radius 2 is 2.46 bits per heavy atom.